The number of thiophene rings is 1. The van der Waals surface area contributed by atoms with Gasteiger partial charge < -0.3 is 10.1 Å². The number of hydrogen-bond donors (Lipinski definition) is 1. The van der Waals surface area contributed by atoms with E-state index in [1.807, 2.05) is 30.5 Å². The van der Waals surface area contributed by atoms with E-state index >= 15 is 0 Å². The molecule has 4 heteroatoms. The van der Waals surface area contributed by atoms with Crippen molar-refractivity contribution < 1.29 is 4.74 Å². The molecule has 1 aliphatic heterocycles. The molecule has 214 valence electrons. The van der Waals surface area contributed by atoms with Crippen LogP contribution in [0, 0.1) is 0 Å². The van der Waals surface area contributed by atoms with Gasteiger partial charge in [-0.2, -0.15) is 0 Å². The lowest BCUT2D eigenvalue weighted by Gasteiger charge is -2.26. The van der Waals surface area contributed by atoms with Gasteiger partial charge in [-0.25, -0.2) is 0 Å². The number of hydrogen-bond acceptors (Lipinski definition) is 4. The number of nitrogens with one attached hydrogen (secondary N) is 1. The maximum absolute atomic E-state index is 6.33. The minimum Gasteiger partial charge on any atom is -0.453 e. The van der Waals surface area contributed by atoms with Crippen LogP contribution in [0.3, 0.4) is 0 Å². The average molecular weight is 581 g/mol. The molecule has 7 rings (SSSR count). The van der Waals surface area contributed by atoms with E-state index < -0.39 is 0 Å². The van der Waals surface area contributed by atoms with Crippen LogP contribution in [0.25, 0.3) is 43.6 Å². The second-order valence-corrected chi connectivity index (χ2v) is 14.4. The summed E-state index contributed by atoms with van der Waals surface area (Å²) in [6.45, 7) is 13.7. The zero-order chi connectivity index (χ0) is 29.9. The van der Waals surface area contributed by atoms with Crippen LogP contribution in [0.2, 0.25) is 0 Å². The highest BCUT2D eigenvalue weighted by Crippen LogP contribution is 2.47. The standard InChI is InChI=1S/C39H36N2OS/c1-38(2,3)29-20-25(18-27(22-29)31-10-9-13-34-36(31)41-32-11-7-8-12-33(32)42-34)26-19-28(23-30(21-26)39(4,5)6)35-37-24(14-16-40-35)15-17-43-37/h7-23,41H,1-6H3. The predicted molar refractivity (Wildman–Crippen MR) is 183 cm³/mol. The number of aromatic nitrogens is 1. The summed E-state index contributed by atoms with van der Waals surface area (Å²) in [6, 6.07) is 32.7. The lowest BCUT2D eigenvalue weighted by Crippen LogP contribution is -2.12. The summed E-state index contributed by atoms with van der Waals surface area (Å²) < 4.78 is 7.56. The largest absolute Gasteiger partial charge is 0.453 e. The Morgan fingerprint density at radius 3 is 2.05 bits per heavy atom. The fraction of sp³-hybridized carbons (Fsp3) is 0.205. The number of fused-ring (bicyclic) bond motifs is 3. The molecule has 0 spiro atoms. The number of ether oxygens (including phenoxy) is 1. The molecule has 0 saturated carbocycles. The molecule has 0 fully saturated rings. The fourth-order valence-electron chi connectivity index (χ4n) is 5.74. The molecule has 1 N–H and O–H groups in total. The zero-order valence-corrected chi connectivity index (χ0v) is 26.4. The summed E-state index contributed by atoms with van der Waals surface area (Å²) in [4.78, 5) is 4.88. The van der Waals surface area contributed by atoms with Gasteiger partial charge in [0.2, 0.25) is 0 Å². The van der Waals surface area contributed by atoms with Crippen molar-refractivity contribution in [1.82, 2.24) is 4.98 Å². The summed E-state index contributed by atoms with van der Waals surface area (Å²) in [5, 5.41) is 7.06. The fourth-order valence-corrected chi connectivity index (χ4v) is 6.65. The lowest BCUT2D eigenvalue weighted by molar-refractivity contribution is 0.481. The summed E-state index contributed by atoms with van der Waals surface area (Å²) in [5.41, 5.74) is 11.4. The summed E-state index contributed by atoms with van der Waals surface area (Å²) in [5.74, 6) is 1.68. The van der Waals surface area contributed by atoms with Gasteiger partial charge >= 0.3 is 0 Å². The molecule has 2 aromatic heterocycles. The number of pyridine rings is 1. The summed E-state index contributed by atoms with van der Waals surface area (Å²) in [7, 11) is 0. The van der Waals surface area contributed by atoms with E-state index in [-0.39, 0.29) is 10.8 Å². The number of benzene rings is 4. The van der Waals surface area contributed by atoms with E-state index in [1.165, 1.54) is 32.3 Å². The lowest BCUT2D eigenvalue weighted by atomic mass is 9.81. The Morgan fingerprint density at radius 2 is 1.30 bits per heavy atom. The quantitative estimate of drug-likeness (QED) is 0.226. The van der Waals surface area contributed by atoms with Crippen molar-refractivity contribution in [2.75, 3.05) is 5.32 Å². The maximum atomic E-state index is 6.33. The molecule has 4 aromatic carbocycles. The Kier molecular flexibility index (Phi) is 6.44. The maximum Gasteiger partial charge on any atom is 0.151 e. The molecule has 0 unspecified atom stereocenters. The van der Waals surface area contributed by atoms with Crippen LogP contribution in [-0.2, 0) is 10.8 Å². The number of para-hydroxylation sites is 3. The van der Waals surface area contributed by atoms with E-state index in [0.717, 1.165) is 45.3 Å². The Balaban J connectivity index is 1.43. The second kappa shape index (κ2) is 10.1. The van der Waals surface area contributed by atoms with Gasteiger partial charge in [-0.05, 0) is 97.9 Å². The van der Waals surface area contributed by atoms with Crippen molar-refractivity contribution in [1.29, 1.82) is 0 Å². The van der Waals surface area contributed by atoms with Gasteiger partial charge in [-0.3, -0.25) is 4.98 Å². The Bertz CT molecular complexity index is 2010. The predicted octanol–water partition coefficient (Wildman–Crippen LogP) is 11.7. The molecule has 0 bridgehead atoms. The average Bonchev–Trinajstić information content (AvgIpc) is 3.48. The minimum absolute atomic E-state index is 0.0221. The molecule has 6 aromatic rings. The second-order valence-electron chi connectivity index (χ2n) is 13.5. The Hall–Kier alpha value is -4.41. The van der Waals surface area contributed by atoms with Crippen LogP contribution in [-0.4, -0.2) is 4.98 Å². The van der Waals surface area contributed by atoms with Gasteiger partial charge in [-0.1, -0.05) is 84.0 Å². The van der Waals surface area contributed by atoms with Gasteiger partial charge in [0, 0.05) is 17.3 Å². The zero-order valence-electron chi connectivity index (χ0n) is 25.6. The molecule has 3 nitrogen and oxygen atoms in total. The van der Waals surface area contributed by atoms with Crippen LogP contribution in [0.1, 0.15) is 52.7 Å². The number of rotatable bonds is 3. The normalized spacial score (nSPS) is 12.8. The summed E-state index contributed by atoms with van der Waals surface area (Å²) in [6.07, 6.45) is 1.93. The van der Waals surface area contributed by atoms with Crippen molar-refractivity contribution in [3.05, 3.63) is 114 Å². The monoisotopic (exact) mass is 580 g/mol. The van der Waals surface area contributed by atoms with Crippen LogP contribution in [0.15, 0.2) is 103 Å². The first-order valence-corrected chi connectivity index (χ1v) is 15.7. The van der Waals surface area contributed by atoms with Crippen LogP contribution in [0.4, 0.5) is 11.4 Å². The third-order valence-electron chi connectivity index (χ3n) is 8.28. The molecule has 0 aliphatic carbocycles. The van der Waals surface area contributed by atoms with Gasteiger partial charge in [0.1, 0.15) is 0 Å². The molecule has 43 heavy (non-hydrogen) atoms. The molecular weight excluding hydrogens is 545 g/mol. The Morgan fingerprint density at radius 1 is 0.651 bits per heavy atom. The highest BCUT2D eigenvalue weighted by atomic mass is 32.1. The molecule has 1 aliphatic rings. The van der Waals surface area contributed by atoms with Gasteiger partial charge in [0.25, 0.3) is 0 Å². The first-order valence-electron chi connectivity index (χ1n) is 14.9. The van der Waals surface area contributed by atoms with Crippen molar-refractivity contribution in [3.8, 4) is 45.0 Å². The van der Waals surface area contributed by atoms with Gasteiger partial charge in [-0.15, -0.1) is 11.3 Å². The highest BCUT2D eigenvalue weighted by Gasteiger charge is 2.23. The van der Waals surface area contributed by atoms with E-state index in [9.17, 15) is 0 Å². The van der Waals surface area contributed by atoms with Crippen molar-refractivity contribution in [2.24, 2.45) is 0 Å². The smallest absolute Gasteiger partial charge is 0.151 e. The minimum atomic E-state index is -0.0370. The van der Waals surface area contributed by atoms with Crippen molar-refractivity contribution in [3.63, 3.8) is 0 Å². The topological polar surface area (TPSA) is 34.2 Å². The summed E-state index contributed by atoms with van der Waals surface area (Å²) >= 11 is 1.76. The SMILES string of the molecule is CC(C)(C)c1cc(-c2cc(-c3nccc4ccsc34)cc(C(C)(C)C)c2)cc(-c2cccc3c2Nc2ccccc2O3)c1. The molecule has 3 heterocycles. The molecular formula is C39H36N2OS. The van der Waals surface area contributed by atoms with E-state index in [1.54, 1.807) is 11.3 Å². The third kappa shape index (κ3) is 5.10. The molecule has 0 amide bonds. The Labute approximate surface area is 258 Å². The van der Waals surface area contributed by atoms with Gasteiger partial charge in [0.05, 0.1) is 21.8 Å². The first-order chi connectivity index (χ1) is 20.5. The third-order valence-corrected chi connectivity index (χ3v) is 9.21. The van der Waals surface area contributed by atoms with Crippen molar-refractivity contribution in [2.45, 2.75) is 52.4 Å². The van der Waals surface area contributed by atoms with Crippen LogP contribution < -0.4 is 10.1 Å². The molecule has 0 atom stereocenters. The number of nitrogens with zero attached hydrogens (tertiary/aromatic N) is 1. The highest BCUT2D eigenvalue weighted by molar-refractivity contribution is 7.17. The van der Waals surface area contributed by atoms with Crippen molar-refractivity contribution >= 4 is 32.8 Å². The molecule has 0 radical (unpaired) electrons. The van der Waals surface area contributed by atoms with E-state index in [2.05, 4.69) is 119 Å². The first kappa shape index (κ1) is 27.4. The number of anilines is 2. The van der Waals surface area contributed by atoms with Gasteiger partial charge in [0.15, 0.2) is 11.5 Å². The van der Waals surface area contributed by atoms with Crippen LogP contribution in [0.5, 0.6) is 11.5 Å². The van der Waals surface area contributed by atoms with E-state index in [4.69, 9.17) is 9.72 Å². The van der Waals surface area contributed by atoms with E-state index in [0.29, 0.717) is 0 Å². The molecule has 0 saturated heterocycles. The van der Waals surface area contributed by atoms with Crippen LogP contribution >= 0.6 is 11.3 Å².